The van der Waals surface area contributed by atoms with Crippen molar-refractivity contribution in [3.63, 3.8) is 0 Å². The van der Waals surface area contributed by atoms with Crippen LogP contribution in [0.2, 0.25) is 0 Å². The molecule has 7 heteroatoms. The molecule has 3 fully saturated rings. The maximum Gasteiger partial charge on any atom is 0.248 e. The molecule has 2 atom stereocenters. The third-order valence-corrected chi connectivity index (χ3v) is 9.36. The molecule has 0 radical (unpaired) electrons. The van der Waals surface area contributed by atoms with Gasteiger partial charge in [-0.25, -0.2) is 8.42 Å². The van der Waals surface area contributed by atoms with E-state index in [9.17, 15) is 13.2 Å². The van der Waals surface area contributed by atoms with Gasteiger partial charge in [0, 0.05) is 17.4 Å². The number of anilines is 1. The molecular weight excluding hydrogens is 392 g/mol. The number of carbonyl (C=O) groups is 1. The summed E-state index contributed by atoms with van der Waals surface area (Å²) in [6.45, 7) is 4.05. The zero-order valence-corrected chi connectivity index (χ0v) is 18.2. The van der Waals surface area contributed by atoms with E-state index in [2.05, 4.69) is 17.1 Å². The molecule has 1 amide bonds. The molecule has 152 valence electrons. The van der Waals surface area contributed by atoms with Crippen LogP contribution in [-0.2, 0) is 14.6 Å². The van der Waals surface area contributed by atoms with E-state index in [4.69, 9.17) is 0 Å². The zero-order chi connectivity index (χ0) is 19.9. The highest BCUT2D eigenvalue weighted by atomic mass is 32.2. The summed E-state index contributed by atoms with van der Waals surface area (Å²) in [4.78, 5) is 19.1. The maximum atomic E-state index is 12.6. The third-order valence-electron chi connectivity index (χ3n) is 6.15. The summed E-state index contributed by atoms with van der Waals surface area (Å²) in [6.07, 6.45) is 6.43. The first kappa shape index (κ1) is 20.0. The van der Waals surface area contributed by atoms with Gasteiger partial charge in [-0.2, -0.15) is 4.99 Å². The Hall–Kier alpha value is -1.34. The van der Waals surface area contributed by atoms with Crippen LogP contribution < -0.4 is 4.90 Å². The number of aryl methyl sites for hydroxylation is 2. The van der Waals surface area contributed by atoms with E-state index in [0.717, 1.165) is 23.2 Å². The number of hydrogen-bond donors (Lipinski definition) is 0. The van der Waals surface area contributed by atoms with Crippen LogP contribution in [0.5, 0.6) is 0 Å². The fourth-order valence-electron chi connectivity index (χ4n) is 4.61. The van der Waals surface area contributed by atoms with Gasteiger partial charge in [0.15, 0.2) is 15.0 Å². The van der Waals surface area contributed by atoms with Crippen molar-refractivity contribution < 1.29 is 13.2 Å². The molecule has 1 aromatic carbocycles. The number of rotatable bonds is 4. The summed E-state index contributed by atoms with van der Waals surface area (Å²) >= 11 is 1.46. The number of hydrogen-bond acceptors (Lipinski definition) is 4. The van der Waals surface area contributed by atoms with Crippen molar-refractivity contribution in [3.8, 4) is 0 Å². The summed E-state index contributed by atoms with van der Waals surface area (Å²) in [5.41, 5.74) is 3.16. The first-order chi connectivity index (χ1) is 13.3. The number of sulfone groups is 1. The van der Waals surface area contributed by atoms with Crippen LogP contribution in [-0.4, -0.2) is 42.3 Å². The Morgan fingerprint density at radius 3 is 2.71 bits per heavy atom. The second kappa shape index (κ2) is 7.82. The van der Waals surface area contributed by atoms with Gasteiger partial charge in [0.05, 0.1) is 17.5 Å². The number of carbonyl (C=O) groups excluding carboxylic acids is 1. The van der Waals surface area contributed by atoms with Gasteiger partial charge in [0.2, 0.25) is 5.91 Å². The minimum Gasteiger partial charge on any atom is -0.315 e. The van der Waals surface area contributed by atoms with Crippen LogP contribution >= 0.6 is 11.8 Å². The first-order valence-electron chi connectivity index (χ1n) is 10.2. The molecule has 4 rings (SSSR count). The minimum atomic E-state index is -3.05. The fraction of sp³-hybridized carbons (Fsp3) is 0.619. The van der Waals surface area contributed by atoms with Crippen molar-refractivity contribution in [1.82, 2.24) is 0 Å². The molecule has 3 aliphatic rings. The van der Waals surface area contributed by atoms with Crippen LogP contribution in [0.4, 0.5) is 5.69 Å². The molecule has 0 aromatic heterocycles. The summed E-state index contributed by atoms with van der Waals surface area (Å²) in [5.74, 6) is 0.888. The average molecular weight is 421 g/mol. The number of thioether (sulfide) groups is 1. The third kappa shape index (κ3) is 4.15. The van der Waals surface area contributed by atoms with Crippen molar-refractivity contribution in [2.75, 3.05) is 16.4 Å². The number of aliphatic imine (C=N–C) groups is 1. The number of nitrogens with zero attached hydrogens (tertiary/aromatic N) is 2. The van der Waals surface area contributed by atoms with E-state index in [1.165, 1.54) is 37.4 Å². The minimum absolute atomic E-state index is 0.0497. The highest BCUT2D eigenvalue weighted by Gasteiger charge is 2.49. The molecule has 5 nitrogen and oxygen atoms in total. The molecule has 2 saturated heterocycles. The second-order valence-corrected chi connectivity index (χ2v) is 11.8. The van der Waals surface area contributed by atoms with Crippen molar-refractivity contribution in [2.24, 2.45) is 10.9 Å². The maximum absolute atomic E-state index is 12.6. The lowest BCUT2D eigenvalue weighted by molar-refractivity contribution is -0.118. The number of amides is 1. The Labute approximate surface area is 171 Å². The summed E-state index contributed by atoms with van der Waals surface area (Å²) in [6, 6.07) is 6.03. The Kier molecular flexibility index (Phi) is 5.58. The summed E-state index contributed by atoms with van der Waals surface area (Å²) in [7, 11) is -3.05. The molecule has 0 unspecified atom stereocenters. The molecule has 0 N–H and O–H groups in total. The van der Waals surface area contributed by atoms with Crippen molar-refractivity contribution in [3.05, 3.63) is 29.3 Å². The Balaban J connectivity index is 1.60. The highest BCUT2D eigenvalue weighted by molar-refractivity contribution is 8.16. The van der Waals surface area contributed by atoms with Crippen molar-refractivity contribution in [1.29, 1.82) is 0 Å². The van der Waals surface area contributed by atoms with Crippen molar-refractivity contribution >= 4 is 38.4 Å². The summed E-state index contributed by atoms with van der Waals surface area (Å²) < 4.78 is 24.4. The van der Waals surface area contributed by atoms with E-state index < -0.39 is 9.84 Å². The number of amidine groups is 1. The Morgan fingerprint density at radius 2 is 1.96 bits per heavy atom. The van der Waals surface area contributed by atoms with Crippen LogP contribution in [0, 0.1) is 19.8 Å². The van der Waals surface area contributed by atoms with E-state index in [1.807, 2.05) is 24.8 Å². The Morgan fingerprint density at radius 1 is 1.21 bits per heavy atom. The summed E-state index contributed by atoms with van der Waals surface area (Å²) in [5, 5.41) is 0.626. The van der Waals surface area contributed by atoms with E-state index in [0.29, 0.717) is 17.5 Å². The molecule has 0 spiro atoms. The molecule has 2 aliphatic heterocycles. The quantitative estimate of drug-likeness (QED) is 0.740. The smallest absolute Gasteiger partial charge is 0.248 e. The van der Waals surface area contributed by atoms with E-state index >= 15 is 0 Å². The molecule has 1 saturated carbocycles. The first-order valence-corrected chi connectivity index (χ1v) is 12.9. The lowest BCUT2D eigenvalue weighted by Gasteiger charge is -2.26. The van der Waals surface area contributed by atoms with Gasteiger partial charge in [0.1, 0.15) is 0 Å². The molecular formula is C21H28N2O3S2. The van der Waals surface area contributed by atoms with Gasteiger partial charge in [-0.1, -0.05) is 49.6 Å². The van der Waals surface area contributed by atoms with Gasteiger partial charge >= 0.3 is 0 Å². The van der Waals surface area contributed by atoms with Crippen LogP contribution in [0.15, 0.2) is 23.2 Å². The fourth-order valence-corrected chi connectivity index (χ4v) is 8.54. The monoisotopic (exact) mass is 420 g/mol. The molecule has 1 aromatic rings. The predicted octanol–water partition coefficient (Wildman–Crippen LogP) is 3.88. The van der Waals surface area contributed by atoms with Gasteiger partial charge in [-0.3, -0.25) is 4.79 Å². The topological polar surface area (TPSA) is 66.8 Å². The second-order valence-electron chi connectivity index (χ2n) is 8.44. The van der Waals surface area contributed by atoms with E-state index in [1.54, 1.807) is 0 Å². The SMILES string of the molecule is Cc1ccc(C)c(N2C(=NC(=O)CCC3CCCC3)S[C@H]3CS(=O)(=O)C[C@H]32)c1. The predicted molar refractivity (Wildman–Crippen MR) is 116 cm³/mol. The molecule has 28 heavy (non-hydrogen) atoms. The van der Waals surface area contributed by atoms with Crippen LogP contribution in [0.25, 0.3) is 0 Å². The van der Waals surface area contributed by atoms with Crippen LogP contribution in [0.1, 0.15) is 49.7 Å². The molecule has 2 heterocycles. The van der Waals surface area contributed by atoms with Gasteiger partial charge in [0.25, 0.3) is 0 Å². The van der Waals surface area contributed by atoms with Crippen molar-refractivity contribution in [2.45, 2.75) is 63.7 Å². The normalized spacial score (nSPS) is 28.2. The highest BCUT2D eigenvalue weighted by Crippen LogP contribution is 2.42. The van der Waals surface area contributed by atoms with Crippen LogP contribution in [0.3, 0.4) is 0 Å². The number of benzene rings is 1. The lowest BCUT2D eigenvalue weighted by atomic mass is 10.0. The van der Waals surface area contributed by atoms with Gasteiger partial charge in [-0.15, -0.1) is 0 Å². The lowest BCUT2D eigenvalue weighted by Crippen LogP contribution is -2.38. The molecule has 0 bridgehead atoms. The van der Waals surface area contributed by atoms with E-state index in [-0.39, 0.29) is 28.7 Å². The van der Waals surface area contributed by atoms with Gasteiger partial charge in [-0.05, 0) is 43.4 Å². The standard InChI is InChI=1S/C21H28N2O3S2/c1-14-7-8-15(2)17(11-14)23-18-12-28(25,26)13-19(18)27-21(23)22-20(24)10-9-16-5-3-4-6-16/h7-8,11,16,18-19H,3-6,9-10,12-13H2,1-2H3/t18-,19+/m1/s1. The Bertz CT molecular complexity index is 904. The number of fused-ring (bicyclic) bond motifs is 1. The molecule has 1 aliphatic carbocycles. The van der Waals surface area contributed by atoms with Gasteiger partial charge < -0.3 is 4.90 Å². The largest absolute Gasteiger partial charge is 0.315 e. The average Bonchev–Trinajstić information content (AvgIpc) is 3.30. The zero-order valence-electron chi connectivity index (χ0n) is 16.6.